The maximum atomic E-state index is 4.02. The van der Waals surface area contributed by atoms with Gasteiger partial charge in [-0.3, -0.25) is 4.90 Å². The Morgan fingerprint density at radius 3 is 2.71 bits per heavy atom. The second-order valence-corrected chi connectivity index (χ2v) is 7.76. The molecular weight excluding hydrogens is 258 g/mol. The fraction of sp³-hybridized carbons (Fsp3) is 1.00. The average molecular weight is 293 g/mol. The van der Waals surface area contributed by atoms with E-state index in [2.05, 4.69) is 29.1 Å². The molecule has 3 fully saturated rings. The molecule has 4 atom stereocenters. The molecule has 0 spiro atoms. The van der Waals surface area contributed by atoms with Crippen molar-refractivity contribution in [1.82, 2.24) is 15.1 Å². The van der Waals surface area contributed by atoms with Gasteiger partial charge in [0, 0.05) is 31.2 Å². The van der Waals surface area contributed by atoms with E-state index in [0.717, 1.165) is 24.0 Å². The average Bonchev–Trinajstić information content (AvgIpc) is 2.68. The smallest absolute Gasteiger partial charge is 0.0221 e. The molecule has 3 heteroatoms. The van der Waals surface area contributed by atoms with Gasteiger partial charge in [-0.1, -0.05) is 19.8 Å². The van der Waals surface area contributed by atoms with E-state index >= 15 is 0 Å². The number of nitrogens with zero attached hydrogens (tertiary/aromatic N) is 2. The lowest BCUT2D eigenvalue weighted by molar-refractivity contribution is 0.119. The Balaban J connectivity index is 1.54. The highest BCUT2D eigenvalue weighted by Crippen LogP contribution is 2.32. The molecule has 0 aromatic heterocycles. The highest BCUT2D eigenvalue weighted by Gasteiger charge is 2.33. The molecule has 2 heterocycles. The van der Waals surface area contributed by atoms with Crippen LogP contribution in [-0.2, 0) is 0 Å². The van der Waals surface area contributed by atoms with Crippen LogP contribution in [0.1, 0.15) is 58.3 Å². The zero-order chi connectivity index (χ0) is 14.7. The molecule has 0 aromatic rings. The molecule has 0 amide bonds. The Kier molecular flexibility index (Phi) is 5.58. The van der Waals surface area contributed by atoms with E-state index in [4.69, 9.17) is 0 Å². The molecule has 21 heavy (non-hydrogen) atoms. The van der Waals surface area contributed by atoms with Crippen molar-refractivity contribution in [3.05, 3.63) is 0 Å². The normalized spacial score (nSPS) is 39.7. The van der Waals surface area contributed by atoms with Gasteiger partial charge in [0.25, 0.3) is 0 Å². The van der Waals surface area contributed by atoms with Crippen LogP contribution in [-0.4, -0.2) is 61.2 Å². The fourth-order valence-electron chi connectivity index (χ4n) is 4.92. The van der Waals surface area contributed by atoms with Crippen LogP contribution < -0.4 is 5.32 Å². The third-order valence-corrected chi connectivity index (χ3v) is 6.19. The summed E-state index contributed by atoms with van der Waals surface area (Å²) in [6.07, 6.45) is 11.4. The summed E-state index contributed by atoms with van der Waals surface area (Å²) in [5.74, 6) is 0.993. The number of piperidine rings is 1. The molecule has 0 bridgehead atoms. The van der Waals surface area contributed by atoms with Crippen LogP contribution in [0.4, 0.5) is 0 Å². The quantitative estimate of drug-likeness (QED) is 0.863. The van der Waals surface area contributed by atoms with Crippen molar-refractivity contribution in [3.8, 4) is 0 Å². The van der Waals surface area contributed by atoms with Gasteiger partial charge in [0.1, 0.15) is 0 Å². The van der Waals surface area contributed by atoms with E-state index in [-0.39, 0.29) is 0 Å². The molecule has 3 aliphatic rings. The van der Waals surface area contributed by atoms with Crippen LogP contribution >= 0.6 is 0 Å². The van der Waals surface area contributed by atoms with Crippen LogP contribution in [0, 0.1) is 5.92 Å². The minimum Gasteiger partial charge on any atom is -0.310 e. The number of hydrogen-bond acceptors (Lipinski definition) is 3. The second-order valence-electron chi connectivity index (χ2n) is 7.76. The summed E-state index contributed by atoms with van der Waals surface area (Å²) in [5, 5.41) is 4.02. The molecule has 0 radical (unpaired) electrons. The molecule has 3 nitrogen and oxygen atoms in total. The molecule has 122 valence electrons. The van der Waals surface area contributed by atoms with Gasteiger partial charge in [-0.15, -0.1) is 0 Å². The molecule has 4 unspecified atom stereocenters. The van der Waals surface area contributed by atoms with Crippen molar-refractivity contribution in [3.63, 3.8) is 0 Å². The second kappa shape index (κ2) is 7.43. The zero-order valence-electron chi connectivity index (χ0n) is 14.2. The van der Waals surface area contributed by atoms with Gasteiger partial charge in [0.15, 0.2) is 0 Å². The Hall–Kier alpha value is -0.120. The van der Waals surface area contributed by atoms with Gasteiger partial charge >= 0.3 is 0 Å². The molecule has 1 aliphatic carbocycles. The number of rotatable bonds is 3. The lowest BCUT2D eigenvalue weighted by atomic mass is 9.77. The van der Waals surface area contributed by atoms with Gasteiger partial charge in [-0.05, 0) is 64.6 Å². The summed E-state index contributed by atoms with van der Waals surface area (Å²) in [6.45, 7) is 7.48. The number of fused-ring (bicyclic) bond motifs is 1. The Morgan fingerprint density at radius 1 is 1.00 bits per heavy atom. The summed E-state index contributed by atoms with van der Waals surface area (Å²) in [5.41, 5.74) is 0. The summed E-state index contributed by atoms with van der Waals surface area (Å²) < 4.78 is 0. The van der Waals surface area contributed by atoms with Crippen LogP contribution in [0.15, 0.2) is 0 Å². The Morgan fingerprint density at radius 2 is 1.86 bits per heavy atom. The van der Waals surface area contributed by atoms with Gasteiger partial charge in [0.05, 0.1) is 0 Å². The summed E-state index contributed by atoms with van der Waals surface area (Å²) >= 11 is 0. The SMILES string of the molecule is CCC1CN(C)CCCN1CC1CCC2CCCCC2N1. The molecule has 3 rings (SSSR count). The fourth-order valence-corrected chi connectivity index (χ4v) is 4.92. The van der Waals surface area contributed by atoms with Crippen molar-refractivity contribution < 1.29 is 0 Å². The minimum absolute atomic E-state index is 0.752. The predicted octanol–water partition coefficient (Wildman–Crippen LogP) is 2.71. The zero-order valence-corrected chi connectivity index (χ0v) is 14.2. The maximum absolute atomic E-state index is 4.02. The van der Waals surface area contributed by atoms with E-state index in [9.17, 15) is 0 Å². The van der Waals surface area contributed by atoms with Gasteiger partial charge < -0.3 is 10.2 Å². The van der Waals surface area contributed by atoms with E-state index in [0.29, 0.717) is 0 Å². The maximum Gasteiger partial charge on any atom is 0.0221 e. The third-order valence-electron chi connectivity index (χ3n) is 6.19. The van der Waals surface area contributed by atoms with Crippen LogP contribution in [0.5, 0.6) is 0 Å². The molecule has 2 aliphatic heterocycles. The number of nitrogens with one attached hydrogen (secondary N) is 1. The third kappa shape index (κ3) is 4.00. The first kappa shape index (κ1) is 15.8. The molecule has 1 N–H and O–H groups in total. The molecule has 1 saturated carbocycles. The van der Waals surface area contributed by atoms with Crippen LogP contribution in [0.3, 0.4) is 0 Å². The van der Waals surface area contributed by atoms with E-state index < -0.39 is 0 Å². The Labute approximate surface area is 131 Å². The van der Waals surface area contributed by atoms with E-state index in [1.54, 1.807) is 0 Å². The van der Waals surface area contributed by atoms with Crippen molar-refractivity contribution in [2.24, 2.45) is 5.92 Å². The molecule has 2 saturated heterocycles. The molecular formula is C18H35N3. The van der Waals surface area contributed by atoms with Crippen molar-refractivity contribution >= 4 is 0 Å². The summed E-state index contributed by atoms with van der Waals surface area (Å²) in [7, 11) is 2.29. The van der Waals surface area contributed by atoms with Crippen molar-refractivity contribution in [2.45, 2.75) is 76.4 Å². The van der Waals surface area contributed by atoms with Crippen molar-refractivity contribution in [1.29, 1.82) is 0 Å². The first-order valence-corrected chi connectivity index (χ1v) is 9.45. The number of hydrogen-bond donors (Lipinski definition) is 1. The van der Waals surface area contributed by atoms with Gasteiger partial charge in [0.2, 0.25) is 0 Å². The van der Waals surface area contributed by atoms with Crippen LogP contribution in [0.25, 0.3) is 0 Å². The van der Waals surface area contributed by atoms with E-state index in [1.807, 2.05) is 0 Å². The summed E-state index contributed by atoms with van der Waals surface area (Å²) in [6, 6.07) is 2.36. The standard InChI is InChI=1S/C18H35N3/c1-3-17-14-20(2)11-6-12-21(17)13-16-10-9-15-7-4-5-8-18(15)19-16/h15-19H,3-14H2,1-2H3. The predicted molar refractivity (Wildman–Crippen MR) is 89.7 cm³/mol. The lowest BCUT2D eigenvalue weighted by Crippen LogP contribution is -2.54. The minimum atomic E-state index is 0.752. The highest BCUT2D eigenvalue weighted by atomic mass is 15.2. The van der Waals surface area contributed by atoms with Gasteiger partial charge in [-0.2, -0.15) is 0 Å². The highest BCUT2D eigenvalue weighted by molar-refractivity contribution is 4.91. The summed E-state index contributed by atoms with van der Waals surface area (Å²) in [4.78, 5) is 5.32. The lowest BCUT2D eigenvalue weighted by Gasteiger charge is -2.43. The Bertz CT molecular complexity index is 320. The topological polar surface area (TPSA) is 18.5 Å². The monoisotopic (exact) mass is 293 g/mol. The largest absolute Gasteiger partial charge is 0.310 e. The van der Waals surface area contributed by atoms with Gasteiger partial charge in [-0.25, -0.2) is 0 Å². The van der Waals surface area contributed by atoms with Crippen molar-refractivity contribution in [2.75, 3.05) is 33.2 Å². The first-order valence-electron chi connectivity index (χ1n) is 9.45. The first-order chi connectivity index (χ1) is 10.3. The van der Waals surface area contributed by atoms with Crippen LogP contribution in [0.2, 0.25) is 0 Å². The number of likely N-dealkylation sites (N-methyl/N-ethyl adjacent to an activating group) is 1. The molecule has 0 aromatic carbocycles. The van der Waals surface area contributed by atoms with E-state index in [1.165, 1.54) is 77.5 Å².